The van der Waals surface area contributed by atoms with Crippen LogP contribution in [0.4, 0.5) is 0 Å². The van der Waals surface area contributed by atoms with E-state index in [4.69, 9.17) is 19.2 Å². The Bertz CT molecular complexity index is 1390. The Kier molecular flexibility index (Phi) is 7.40. The molecule has 0 aromatic heterocycles. The van der Waals surface area contributed by atoms with Crippen LogP contribution in [0, 0.1) is 5.92 Å². The van der Waals surface area contributed by atoms with Gasteiger partial charge in [-0.25, -0.2) is 0 Å². The van der Waals surface area contributed by atoms with Crippen LogP contribution < -0.4 is 9.47 Å². The maximum absolute atomic E-state index is 13.7. The second-order valence-electron chi connectivity index (χ2n) is 9.72. The molecule has 2 aliphatic rings. The van der Waals surface area contributed by atoms with Crippen molar-refractivity contribution in [3.8, 4) is 11.5 Å². The van der Waals surface area contributed by atoms with Crippen molar-refractivity contribution in [1.29, 1.82) is 0 Å². The fourth-order valence-electron chi connectivity index (χ4n) is 5.55. The molecule has 0 fully saturated rings. The highest BCUT2D eigenvalue weighted by atomic mass is 16.5. The molecule has 1 aliphatic carbocycles. The molecule has 6 heteroatoms. The Labute approximate surface area is 223 Å². The van der Waals surface area contributed by atoms with Crippen LogP contribution in [-0.2, 0) is 20.9 Å². The molecule has 0 N–H and O–H groups in total. The minimum Gasteiger partial charge on any atom is -0.493 e. The number of nitrogens with zero attached hydrogens (tertiary/aromatic N) is 1. The minimum atomic E-state index is -0.697. The lowest BCUT2D eigenvalue weighted by atomic mass is 9.69. The van der Waals surface area contributed by atoms with Gasteiger partial charge in [-0.05, 0) is 48.1 Å². The third-order valence-corrected chi connectivity index (χ3v) is 7.40. The molecule has 0 amide bonds. The molecule has 3 aromatic rings. The van der Waals surface area contributed by atoms with Crippen molar-refractivity contribution in [2.75, 3.05) is 14.2 Å². The van der Waals surface area contributed by atoms with Crippen LogP contribution in [-0.4, -0.2) is 31.7 Å². The highest BCUT2D eigenvalue weighted by Gasteiger charge is 2.44. The van der Waals surface area contributed by atoms with Gasteiger partial charge in [-0.2, -0.15) is 0 Å². The molecule has 38 heavy (non-hydrogen) atoms. The smallest absolute Gasteiger partial charge is 0.315 e. The maximum atomic E-state index is 13.7. The maximum Gasteiger partial charge on any atom is 0.315 e. The average molecular weight is 510 g/mol. The molecule has 0 saturated carbocycles. The number of esters is 1. The van der Waals surface area contributed by atoms with Gasteiger partial charge in [0.1, 0.15) is 12.5 Å². The molecule has 3 atom stereocenters. The van der Waals surface area contributed by atoms with Crippen molar-refractivity contribution in [2.45, 2.75) is 38.2 Å². The Morgan fingerprint density at radius 2 is 1.61 bits per heavy atom. The summed E-state index contributed by atoms with van der Waals surface area (Å²) in [6.45, 7) is 2.23. The predicted molar refractivity (Wildman–Crippen MR) is 146 cm³/mol. The van der Waals surface area contributed by atoms with E-state index >= 15 is 0 Å². The zero-order chi connectivity index (χ0) is 26.6. The summed E-state index contributed by atoms with van der Waals surface area (Å²) in [5.74, 6) is -0.438. The Morgan fingerprint density at radius 1 is 0.895 bits per heavy atom. The third-order valence-electron chi connectivity index (χ3n) is 7.40. The lowest BCUT2D eigenvalue weighted by molar-refractivity contribution is -0.143. The summed E-state index contributed by atoms with van der Waals surface area (Å²) >= 11 is 0. The molecule has 0 saturated heterocycles. The van der Waals surface area contributed by atoms with E-state index in [-0.39, 0.29) is 11.7 Å². The van der Waals surface area contributed by atoms with Crippen LogP contribution in [0.15, 0.2) is 95.1 Å². The van der Waals surface area contributed by atoms with E-state index in [1.54, 1.807) is 7.11 Å². The lowest BCUT2D eigenvalue weighted by Gasteiger charge is -2.36. The summed E-state index contributed by atoms with van der Waals surface area (Å²) in [6.07, 6.45) is 1.01. The number of rotatable bonds is 7. The molecule has 0 bridgehead atoms. The van der Waals surface area contributed by atoms with Gasteiger partial charge in [-0.3, -0.25) is 14.6 Å². The molecule has 1 heterocycles. The average Bonchev–Trinajstić information content (AvgIpc) is 2.95. The van der Waals surface area contributed by atoms with Gasteiger partial charge in [-0.1, -0.05) is 66.7 Å². The third kappa shape index (κ3) is 4.99. The van der Waals surface area contributed by atoms with Crippen LogP contribution in [0.25, 0.3) is 0 Å². The predicted octanol–water partition coefficient (Wildman–Crippen LogP) is 6.02. The van der Waals surface area contributed by atoms with E-state index < -0.39 is 17.8 Å². The molecular weight excluding hydrogens is 478 g/mol. The van der Waals surface area contributed by atoms with Gasteiger partial charge in [0.2, 0.25) is 0 Å². The van der Waals surface area contributed by atoms with Crippen molar-refractivity contribution in [3.63, 3.8) is 0 Å². The van der Waals surface area contributed by atoms with Crippen molar-refractivity contribution in [3.05, 3.63) is 107 Å². The monoisotopic (exact) mass is 509 g/mol. The first-order valence-corrected chi connectivity index (χ1v) is 12.8. The molecule has 194 valence electrons. The van der Waals surface area contributed by atoms with E-state index in [2.05, 4.69) is 12.1 Å². The first kappa shape index (κ1) is 25.5. The summed E-state index contributed by atoms with van der Waals surface area (Å²) in [7, 11) is 2.95. The molecule has 3 aromatic carbocycles. The summed E-state index contributed by atoms with van der Waals surface area (Å²) < 4.78 is 16.9. The number of hydrogen-bond acceptors (Lipinski definition) is 6. The van der Waals surface area contributed by atoms with E-state index in [0.717, 1.165) is 22.4 Å². The second kappa shape index (κ2) is 11.1. The number of carbonyl (C=O) groups is 2. The molecule has 6 nitrogen and oxygen atoms in total. The van der Waals surface area contributed by atoms with Gasteiger partial charge < -0.3 is 14.2 Å². The fourth-order valence-corrected chi connectivity index (χ4v) is 5.55. The van der Waals surface area contributed by atoms with Gasteiger partial charge in [0, 0.05) is 29.3 Å². The van der Waals surface area contributed by atoms with Gasteiger partial charge in [0.25, 0.3) is 0 Å². The number of ketones is 1. The number of allylic oxidation sites excluding steroid dienone is 2. The van der Waals surface area contributed by atoms with Crippen molar-refractivity contribution < 1.29 is 23.8 Å². The van der Waals surface area contributed by atoms with E-state index in [1.165, 1.54) is 7.11 Å². The summed E-state index contributed by atoms with van der Waals surface area (Å²) in [5.41, 5.74) is 4.94. The number of aliphatic imine (C=N–C) groups is 1. The van der Waals surface area contributed by atoms with Crippen LogP contribution >= 0.6 is 0 Å². The van der Waals surface area contributed by atoms with E-state index in [1.807, 2.05) is 73.7 Å². The van der Waals surface area contributed by atoms with Gasteiger partial charge in [-0.15, -0.1) is 0 Å². The highest BCUT2D eigenvalue weighted by Crippen LogP contribution is 2.48. The van der Waals surface area contributed by atoms with Gasteiger partial charge >= 0.3 is 5.97 Å². The van der Waals surface area contributed by atoms with E-state index in [9.17, 15) is 9.59 Å². The minimum absolute atomic E-state index is 0.0126. The zero-order valence-electron chi connectivity index (χ0n) is 21.8. The van der Waals surface area contributed by atoms with Crippen molar-refractivity contribution in [1.82, 2.24) is 0 Å². The number of Topliss-reactive ketones (excluding diaryl/α,β-unsaturated/α-hetero) is 1. The molecule has 0 spiro atoms. The van der Waals surface area contributed by atoms with Crippen LogP contribution in [0.3, 0.4) is 0 Å². The summed E-state index contributed by atoms with van der Waals surface area (Å²) in [4.78, 5) is 31.5. The Morgan fingerprint density at radius 3 is 2.29 bits per heavy atom. The lowest BCUT2D eigenvalue weighted by Crippen LogP contribution is -2.37. The molecule has 1 unspecified atom stereocenters. The summed E-state index contributed by atoms with van der Waals surface area (Å²) in [5, 5.41) is 0. The highest BCUT2D eigenvalue weighted by molar-refractivity contribution is 6.09. The normalized spacial score (nSPS) is 20.9. The molecular formula is C32H31NO5. The zero-order valence-corrected chi connectivity index (χ0v) is 21.8. The molecule has 5 rings (SSSR count). The van der Waals surface area contributed by atoms with Crippen LogP contribution in [0.2, 0.25) is 0 Å². The van der Waals surface area contributed by atoms with Crippen LogP contribution in [0.5, 0.6) is 11.5 Å². The van der Waals surface area contributed by atoms with Gasteiger partial charge in [0.15, 0.2) is 17.3 Å². The Hall–Kier alpha value is -4.19. The van der Waals surface area contributed by atoms with Crippen LogP contribution in [0.1, 0.15) is 48.3 Å². The standard InChI is InChI=1S/C32H31NO5/c1-20-29(32(35)37-3)30(31-25(33-20)16-24(17-26(31)34)22-12-8-5-9-13-22)23-14-15-27(28(18-23)36-2)38-19-21-10-6-4-7-11-21/h4-15,18,24,29-30H,16-17,19H2,1-3H3/t24-,29?,30+/m1/s1. The quantitative estimate of drug-likeness (QED) is 0.364. The largest absolute Gasteiger partial charge is 0.493 e. The first-order valence-electron chi connectivity index (χ1n) is 12.8. The number of methoxy groups -OCH3 is 2. The molecule has 0 radical (unpaired) electrons. The molecule has 1 aliphatic heterocycles. The fraction of sp³-hybridized carbons (Fsp3) is 0.281. The Balaban J connectivity index is 1.52. The van der Waals surface area contributed by atoms with Crippen molar-refractivity contribution >= 4 is 17.5 Å². The number of benzene rings is 3. The van der Waals surface area contributed by atoms with Crippen molar-refractivity contribution in [2.24, 2.45) is 10.9 Å². The SMILES string of the molecule is COC(=O)C1C(C)=NC2=C(C(=O)C[C@H](c3ccccc3)C2)[C@H]1c1ccc(OCc2ccccc2)c(OC)c1. The number of carbonyl (C=O) groups excluding carboxylic acids is 2. The van der Waals surface area contributed by atoms with Gasteiger partial charge in [0.05, 0.1) is 14.2 Å². The second-order valence-corrected chi connectivity index (χ2v) is 9.72. The topological polar surface area (TPSA) is 74.2 Å². The van der Waals surface area contributed by atoms with E-state index in [0.29, 0.717) is 42.2 Å². The first-order chi connectivity index (χ1) is 18.5. The number of ether oxygens (including phenoxy) is 3. The number of hydrogen-bond donors (Lipinski definition) is 0. The summed E-state index contributed by atoms with van der Waals surface area (Å²) in [6, 6.07) is 25.6.